The molecule has 5 rings (SSSR count). The SMILES string of the molecule is Cc1ccc(C)c(NC(=O)C2N(CCCCCCO)C(=O)[C@@H]3[C@@H](C(=O)Nc4ccccc4)[C@H]4CC(C)C23S4)c1. The highest BCUT2D eigenvalue weighted by Crippen LogP contribution is 2.68. The first-order valence-electron chi connectivity index (χ1n) is 14.1. The largest absolute Gasteiger partial charge is 0.396 e. The van der Waals surface area contributed by atoms with Gasteiger partial charge in [-0.1, -0.05) is 50.1 Å². The Kier molecular flexibility index (Phi) is 8.06. The van der Waals surface area contributed by atoms with Crippen LogP contribution >= 0.6 is 11.8 Å². The lowest BCUT2D eigenvalue weighted by Gasteiger charge is -2.38. The second-order valence-electron chi connectivity index (χ2n) is 11.4. The van der Waals surface area contributed by atoms with E-state index in [1.807, 2.05) is 62.4 Å². The van der Waals surface area contributed by atoms with Crippen LogP contribution in [0.5, 0.6) is 0 Å². The fourth-order valence-electron chi connectivity index (χ4n) is 6.93. The maximum Gasteiger partial charge on any atom is 0.248 e. The minimum atomic E-state index is -0.646. The monoisotopic (exact) mass is 549 g/mol. The van der Waals surface area contributed by atoms with Gasteiger partial charge in [-0.05, 0) is 68.4 Å². The van der Waals surface area contributed by atoms with Crippen LogP contribution in [0.2, 0.25) is 0 Å². The van der Waals surface area contributed by atoms with Gasteiger partial charge in [0.1, 0.15) is 6.04 Å². The molecule has 0 aliphatic carbocycles. The molecule has 3 aliphatic rings. The number of carbonyl (C=O) groups is 3. The number of hydrogen-bond acceptors (Lipinski definition) is 5. The zero-order chi connectivity index (χ0) is 27.7. The second kappa shape index (κ2) is 11.3. The molecular weight excluding hydrogens is 510 g/mol. The van der Waals surface area contributed by atoms with Crippen LogP contribution in [0.25, 0.3) is 0 Å². The molecule has 3 saturated heterocycles. The zero-order valence-electron chi connectivity index (χ0n) is 23.0. The number of thioether (sulfide) groups is 1. The second-order valence-corrected chi connectivity index (χ2v) is 12.9. The number of para-hydroxylation sites is 1. The van der Waals surface area contributed by atoms with Crippen LogP contribution in [-0.4, -0.2) is 56.9 Å². The molecule has 0 radical (unpaired) electrons. The van der Waals surface area contributed by atoms with Gasteiger partial charge in [0, 0.05) is 29.8 Å². The fourth-order valence-corrected chi connectivity index (χ4v) is 9.35. The summed E-state index contributed by atoms with van der Waals surface area (Å²) in [5, 5.41) is 15.4. The first-order chi connectivity index (χ1) is 18.8. The van der Waals surface area contributed by atoms with Crippen LogP contribution in [0.4, 0.5) is 11.4 Å². The number of rotatable bonds is 10. The van der Waals surface area contributed by atoms with Crippen molar-refractivity contribution in [2.45, 2.75) is 68.9 Å². The smallest absolute Gasteiger partial charge is 0.248 e. The molecule has 0 aromatic heterocycles. The highest BCUT2D eigenvalue weighted by atomic mass is 32.2. The van der Waals surface area contributed by atoms with E-state index in [2.05, 4.69) is 17.6 Å². The van der Waals surface area contributed by atoms with Gasteiger partial charge in [0.25, 0.3) is 0 Å². The van der Waals surface area contributed by atoms with Crippen LogP contribution < -0.4 is 10.6 Å². The Labute approximate surface area is 235 Å². The van der Waals surface area contributed by atoms with Gasteiger partial charge in [-0.25, -0.2) is 0 Å². The molecule has 6 atom stereocenters. The fraction of sp³-hybridized carbons (Fsp3) is 0.516. The third-order valence-corrected chi connectivity index (χ3v) is 10.9. The molecule has 3 amide bonds. The zero-order valence-corrected chi connectivity index (χ0v) is 23.8. The Morgan fingerprint density at radius 3 is 2.51 bits per heavy atom. The number of benzene rings is 2. The highest BCUT2D eigenvalue weighted by Gasteiger charge is 2.75. The van der Waals surface area contributed by atoms with E-state index in [1.54, 1.807) is 16.7 Å². The van der Waals surface area contributed by atoms with E-state index in [-0.39, 0.29) is 35.5 Å². The van der Waals surface area contributed by atoms with E-state index >= 15 is 0 Å². The molecule has 2 bridgehead atoms. The number of nitrogens with zero attached hydrogens (tertiary/aromatic N) is 1. The standard InChI is InChI=1S/C31H39N3O4S/c1-19-13-14-20(2)23(17-19)33-29(37)27-31-21(3)18-24(39-31)25(28(36)32-22-11-7-6-8-12-22)26(31)30(38)34(27)15-9-4-5-10-16-35/h6-8,11-14,17,21,24-27,35H,4-5,9-10,15-16,18H2,1-3H3,(H,32,36)(H,33,37)/t21?,24-,25+,26+,27?,31?/m1/s1. The van der Waals surface area contributed by atoms with Crippen LogP contribution in [0, 0.1) is 31.6 Å². The predicted octanol–water partition coefficient (Wildman–Crippen LogP) is 4.77. The summed E-state index contributed by atoms with van der Waals surface area (Å²) >= 11 is 1.70. The molecule has 208 valence electrons. The van der Waals surface area contributed by atoms with Crippen molar-refractivity contribution < 1.29 is 19.5 Å². The van der Waals surface area contributed by atoms with Crippen LogP contribution in [0.1, 0.15) is 50.2 Å². The predicted molar refractivity (Wildman–Crippen MR) is 156 cm³/mol. The van der Waals surface area contributed by atoms with Crippen molar-refractivity contribution in [1.29, 1.82) is 0 Å². The van der Waals surface area contributed by atoms with E-state index in [9.17, 15) is 14.4 Å². The molecule has 1 spiro atoms. The summed E-state index contributed by atoms with van der Waals surface area (Å²) in [5.41, 5.74) is 3.50. The summed E-state index contributed by atoms with van der Waals surface area (Å²) in [4.78, 5) is 43.8. The minimum Gasteiger partial charge on any atom is -0.396 e. The molecule has 7 nitrogen and oxygen atoms in total. The Morgan fingerprint density at radius 2 is 1.77 bits per heavy atom. The van der Waals surface area contributed by atoms with Crippen molar-refractivity contribution in [3.8, 4) is 0 Å². The molecule has 3 unspecified atom stereocenters. The number of anilines is 2. The number of unbranched alkanes of at least 4 members (excludes halogenated alkanes) is 3. The Morgan fingerprint density at radius 1 is 1.03 bits per heavy atom. The first kappa shape index (κ1) is 27.7. The van der Waals surface area contributed by atoms with E-state index in [1.165, 1.54) is 0 Å². The van der Waals surface area contributed by atoms with Crippen molar-refractivity contribution in [3.05, 3.63) is 59.7 Å². The molecule has 39 heavy (non-hydrogen) atoms. The van der Waals surface area contributed by atoms with Gasteiger partial charge >= 0.3 is 0 Å². The Balaban J connectivity index is 1.46. The van der Waals surface area contributed by atoms with E-state index < -0.39 is 22.6 Å². The number of likely N-dealkylation sites (tertiary alicyclic amines) is 1. The molecular formula is C31H39N3O4S. The summed E-state index contributed by atoms with van der Waals surface area (Å²) < 4.78 is -0.645. The summed E-state index contributed by atoms with van der Waals surface area (Å²) in [6.07, 6.45) is 4.04. The van der Waals surface area contributed by atoms with E-state index in [0.29, 0.717) is 12.2 Å². The number of fused-ring (bicyclic) bond motifs is 1. The van der Waals surface area contributed by atoms with Crippen molar-refractivity contribution in [2.75, 3.05) is 23.8 Å². The first-order valence-corrected chi connectivity index (χ1v) is 15.0. The Hall–Kier alpha value is -2.84. The maximum absolute atomic E-state index is 14.2. The average Bonchev–Trinajstić information content (AvgIpc) is 3.50. The lowest BCUT2D eigenvalue weighted by molar-refractivity contribution is -0.138. The molecule has 0 saturated carbocycles. The van der Waals surface area contributed by atoms with Gasteiger partial charge in [-0.15, -0.1) is 11.8 Å². The highest BCUT2D eigenvalue weighted by molar-refractivity contribution is 8.02. The number of amides is 3. The minimum absolute atomic E-state index is 0.000345. The number of nitrogens with one attached hydrogen (secondary N) is 2. The lowest BCUT2D eigenvalue weighted by Crippen LogP contribution is -2.54. The van der Waals surface area contributed by atoms with Gasteiger partial charge in [-0.3, -0.25) is 14.4 Å². The number of aliphatic hydroxyl groups is 1. The molecule has 3 heterocycles. The average molecular weight is 550 g/mol. The van der Waals surface area contributed by atoms with Gasteiger partial charge in [0.2, 0.25) is 17.7 Å². The van der Waals surface area contributed by atoms with Crippen LogP contribution in [0.15, 0.2) is 48.5 Å². The van der Waals surface area contributed by atoms with Crippen molar-refractivity contribution in [1.82, 2.24) is 4.90 Å². The van der Waals surface area contributed by atoms with Crippen molar-refractivity contribution >= 4 is 40.9 Å². The third-order valence-electron chi connectivity index (χ3n) is 8.80. The van der Waals surface area contributed by atoms with Gasteiger partial charge < -0.3 is 20.6 Å². The normalized spacial score (nSPS) is 29.0. The number of carbonyl (C=O) groups excluding carboxylic acids is 3. The molecule has 8 heteroatoms. The topological polar surface area (TPSA) is 98.7 Å². The van der Waals surface area contributed by atoms with Crippen LogP contribution in [0.3, 0.4) is 0 Å². The molecule has 3 fully saturated rings. The van der Waals surface area contributed by atoms with Gasteiger partial charge in [0.15, 0.2) is 0 Å². The van der Waals surface area contributed by atoms with Gasteiger partial charge in [0.05, 0.1) is 16.6 Å². The van der Waals surface area contributed by atoms with E-state index in [0.717, 1.165) is 48.9 Å². The van der Waals surface area contributed by atoms with E-state index in [4.69, 9.17) is 5.11 Å². The number of aliphatic hydroxyl groups excluding tert-OH is 1. The summed E-state index contributed by atoms with van der Waals surface area (Å²) in [6, 6.07) is 14.7. The molecule has 2 aromatic rings. The molecule has 2 aromatic carbocycles. The third kappa shape index (κ3) is 4.97. The lowest BCUT2D eigenvalue weighted by atomic mass is 9.66. The Bertz CT molecular complexity index is 1240. The van der Waals surface area contributed by atoms with Crippen molar-refractivity contribution in [3.63, 3.8) is 0 Å². The summed E-state index contributed by atoms with van der Waals surface area (Å²) in [5.74, 6) is -1.27. The molecule has 3 aliphatic heterocycles. The quantitative estimate of drug-likeness (QED) is 0.371. The number of aryl methyl sites for hydroxylation is 2. The maximum atomic E-state index is 14.2. The van der Waals surface area contributed by atoms with Crippen LogP contribution in [-0.2, 0) is 14.4 Å². The number of hydrogen-bond donors (Lipinski definition) is 3. The molecule has 3 N–H and O–H groups in total. The van der Waals surface area contributed by atoms with Crippen molar-refractivity contribution in [2.24, 2.45) is 17.8 Å². The van der Waals surface area contributed by atoms with Gasteiger partial charge in [-0.2, -0.15) is 0 Å². The summed E-state index contributed by atoms with van der Waals surface area (Å²) in [6.45, 7) is 6.73. The summed E-state index contributed by atoms with van der Waals surface area (Å²) in [7, 11) is 0.